The number of alkyl carbamates (subject to hydrolysis) is 2. The molecular weight excluding hydrogens is 1320 g/mol. The number of cyclic esters (lactones) is 1. The Labute approximate surface area is 580 Å². The number of anilines is 1. The van der Waals surface area contributed by atoms with Crippen molar-refractivity contribution in [2.75, 3.05) is 91.3 Å². The Kier molecular flexibility index (Phi) is 27.2. The quantitative estimate of drug-likeness (QED) is 0.00965. The summed E-state index contributed by atoms with van der Waals surface area (Å²) in [4.78, 5) is 164. The van der Waals surface area contributed by atoms with Gasteiger partial charge in [0.2, 0.25) is 11.8 Å². The Balaban J connectivity index is 0.876. The zero-order valence-corrected chi connectivity index (χ0v) is 56.7. The number of carbonyl (C=O) groups is 11. The van der Waals surface area contributed by atoms with Gasteiger partial charge in [-0.3, -0.25) is 28.9 Å². The first-order valence-electron chi connectivity index (χ1n) is 33.0. The van der Waals surface area contributed by atoms with Gasteiger partial charge in [0.15, 0.2) is 0 Å². The van der Waals surface area contributed by atoms with Crippen LogP contribution in [0.3, 0.4) is 0 Å². The highest BCUT2D eigenvalue weighted by atomic mass is 16.6. The molecule has 32 heteroatoms. The fourth-order valence-corrected chi connectivity index (χ4v) is 11.0. The number of nitrogens with one attached hydrogen (secondary N) is 5. The molecule has 5 heterocycles. The van der Waals surface area contributed by atoms with Crippen LogP contribution in [0.5, 0.6) is 5.75 Å². The summed E-state index contributed by atoms with van der Waals surface area (Å²) in [5.74, 6) is -5.23. The molecule has 0 saturated carbocycles. The summed E-state index contributed by atoms with van der Waals surface area (Å²) in [5, 5.41) is 25.4. The fourth-order valence-electron chi connectivity index (χ4n) is 11.0. The average Bonchev–Trinajstić information content (AvgIpc) is 1.64. The summed E-state index contributed by atoms with van der Waals surface area (Å²) in [6.45, 7) is 6.29. The molecule has 0 saturated heterocycles. The van der Waals surface area contributed by atoms with Gasteiger partial charge in [0, 0.05) is 74.1 Å². The summed E-state index contributed by atoms with van der Waals surface area (Å²) >= 11 is 0. The maximum absolute atomic E-state index is 14.2. The molecule has 0 unspecified atom stereocenters. The summed E-state index contributed by atoms with van der Waals surface area (Å²) in [6, 6.07) is 18.0. The number of nitrogens with two attached hydrogens (primary N) is 1. The van der Waals surface area contributed by atoms with E-state index in [9.17, 15) is 62.6 Å². The van der Waals surface area contributed by atoms with E-state index >= 15 is 0 Å². The van der Waals surface area contributed by atoms with Crippen molar-refractivity contribution in [1.82, 2.24) is 45.5 Å². The number of urea groups is 1. The SMILES string of the molecule is CCCCNC(=O)OCCOCCN(CCN(C)C(=O)OCc1ccc(NC(=O)[C@H](CCCNC(N)=O)NC(=O)[C@@H](NC(=O)OCCOCCN2C(=O)C=CC2=O)C(C)C)cc1)C(=O)Oc1ccc2nc3c(c(CC)c2c1)Cn1c-3cc2c(c1=O)COC(=O)[C@]2(O)C(=O)OCc1ccccc1. The molecule has 3 aliphatic heterocycles. The lowest BCUT2D eigenvalue weighted by Crippen LogP contribution is -2.54. The van der Waals surface area contributed by atoms with Crippen molar-refractivity contribution < 1.29 is 95.7 Å². The summed E-state index contributed by atoms with van der Waals surface area (Å²) in [6.07, 6.45) is 1.52. The molecule has 10 amide bonds. The number of aromatic nitrogens is 2. The van der Waals surface area contributed by atoms with Crippen molar-refractivity contribution in [3.05, 3.63) is 135 Å². The first-order valence-corrected chi connectivity index (χ1v) is 33.0. The number of likely N-dealkylation sites (N-methyl/N-ethyl adjacent to an activating group) is 1. The van der Waals surface area contributed by atoms with E-state index in [-0.39, 0.29) is 128 Å². The molecule has 0 fully saturated rings. The monoisotopic (exact) mass is 1400 g/mol. The molecule has 8 N–H and O–H groups in total. The van der Waals surface area contributed by atoms with Crippen LogP contribution in [0.15, 0.2) is 95.8 Å². The van der Waals surface area contributed by atoms with Crippen LogP contribution in [0.1, 0.15) is 86.8 Å². The lowest BCUT2D eigenvalue weighted by Gasteiger charge is -2.30. The number of rotatable bonds is 35. The Morgan fingerprint density at radius 2 is 1.41 bits per heavy atom. The number of amides is 10. The largest absolute Gasteiger partial charge is 0.458 e. The van der Waals surface area contributed by atoms with Gasteiger partial charge in [-0.2, -0.15) is 0 Å². The van der Waals surface area contributed by atoms with Crippen LogP contribution >= 0.6 is 0 Å². The van der Waals surface area contributed by atoms with E-state index in [0.717, 1.165) is 35.5 Å². The lowest BCUT2D eigenvalue weighted by atomic mass is 9.88. The normalized spacial score (nSPS) is 14.7. The molecule has 5 aromatic rings. The Bertz CT molecular complexity index is 3940. The first-order chi connectivity index (χ1) is 48.5. The van der Waals surface area contributed by atoms with E-state index in [1.165, 1.54) is 33.5 Å². The van der Waals surface area contributed by atoms with Crippen molar-refractivity contribution in [3.8, 4) is 17.1 Å². The second-order valence-corrected chi connectivity index (χ2v) is 23.9. The van der Waals surface area contributed by atoms with Crippen LogP contribution in [0.25, 0.3) is 22.3 Å². The van der Waals surface area contributed by atoms with E-state index in [1.807, 2.05) is 13.8 Å². The van der Waals surface area contributed by atoms with Gasteiger partial charge < -0.3 is 89.7 Å². The summed E-state index contributed by atoms with van der Waals surface area (Å²) in [5.41, 5.74) is 5.17. The molecule has 0 radical (unpaired) electrons. The van der Waals surface area contributed by atoms with Crippen molar-refractivity contribution >= 4 is 82.6 Å². The number of aryl methyl sites for hydroxylation is 1. The Hall–Kier alpha value is -11.0. The molecule has 3 atom stereocenters. The number of unbranched alkanes of at least 4 members (excludes halogenated alkanes) is 1. The van der Waals surface area contributed by atoms with E-state index < -0.39 is 102 Å². The molecule has 0 spiro atoms. The minimum atomic E-state index is -2.95. The molecule has 0 bridgehead atoms. The second-order valence-electron chi connectivity index (χ2n) is 23.9. The number of nitrogens with zero attached hydrogens (tertiary/aromatic N) is 5. The van der Waals surface area contributed by atoms with Crippen LogP contribution in [-0.2, 0) is 100 Å². The molecule has 32 nitrogen and oxygen atoms in total. The molecule has 540 valence electrons. The number of imide groups is 1. The zero-order valence-electron chi connectivity index (χ0n) is 56.7. The van der Waals surface area contributed by atoms with Gasteiger partial charge in [-0.05, 0) is 84.7 Å². The molecular formula is C69H83N11O21. The highest BCUT2D eigenvalue weighted by Gasteiger charge is 2.54. The van der Waals surface area contributed by atoms with Gasteiger partial charge in [-0.25, -0.2) is 38.5 Å². The van der Waals surface area contributed by atoms with Crippen LogP contribution < -0.4 is 42.6 Å². The maximum atomic E-state index is 14.2. The molecule has 3 aromatic carbocycles. The third-order valence-corrected chi connectivity index (χ3v) is 16.5. The van der Waals surface area contributed by atoms with E-state index in [1.54, 1.807) is 80.6 Å². The van der Waals surface area contributed by atoms with Gasteiger partial charge in [0.05, 0.1) is 62.0 Å². The van der Waals surface area contributed by atoms with Crippen molar-refractivity contribution in [2.24, 2.45) is 11.7 Å². The lowest BCUT2D eigenvalue weighted by molar-refractivity contribution is -0.190. The van der Waals surface area contributed by atoms with Gasteiger partial charge in [-0.1, -0.05) is 76.6 Å². The number of fused-ring (bicyclic) bond motifs is 5. The molecule has 101 heavy (non-hydrogen) atoms. The van der Waals surface area contributed by atoms with Gasteiger partial charge in [0.25, 0.3) is 23.0 Å². The smallest absolute Gasteiger partial charge is 0.415 e. The van der Waals surface area contributed by atoms with E-state index in [4.69, 9.17) is 48.6 Å². The molecule has 8 rings (SSSR count). The van der Waals surface area contributed by atoms with E-state index in [0.29, 0.717) is 51.9 Å². The van der Waals surface area contributed by atoms with Gasteiger partial charge in [0.1, 0.15) is 50.9 Å². The number of pyridine rings is 2. The standard InChI is InChI=1S/C69H83N11O21/c1-6-8-24-72-65(89)96-34-32-94-30-28-78(68(92)101-46-20-21-52-48(36-46)47(7-2)49-38-80-54(58(49)74-52)37-51-50(61(80)85)41-99-63(87)69(51,93)62(86)98-39-43-13-10-9-11-14-43)27-26-77(5)67(91)100-40-44-16-18-45(19-17-44)73-59(83)53(15-12-25-71-64(70)88)75-60(84)57(42(3)4)76-66(90)97-35-33-95-31-29-79-55(81)22-23-56(79)82/h9-11,13-14,16-23,36-37,42,53,57,93H,6-8,12,15,24-35,38-41H2,1-5H3,(H,72,89)(H,73,83)(H,75,84)(H,76,90)(H3,70,71,88)/t53-,57-,69+/m0/s1. The Morgan fingerprint density at radius 3 is 2.10 bits per heavy atom. The minimum Gasteiger partial charge on any atom is -0.458 e. The predicted octanol–water partition coefficient (Wildman–Crippen LogP) is 4.15. The summed E-state index contributed by atoms with van der Waals surface area (Å²) in [7, 11) is 1.47. The number of benzene rings is 3. The highest BCUT2D eigenvalue weighted by molar-refractivity contribution is 6.13. The van der Waals surface area contributed by atoms with Gasteiger partial charge >= 0.3 is 42.3 Å². The number of primary amides is 1. The van der Waals surface area contributed by atoms with Crippen LogP contribution in [0.4, 0.5) is 29.7 Å². The number of aliphatic hydroxyl groups is 1. The third kappa shape index (κ3) is 20.1. The molecule has 3 aliphatic rings. The van der Waals surface area contributed by atoms with Crippen molar-refractivity contribution in [2.45, 2.75) is 104 Å². The average molecular weight is 1400 g/mol. The second kappa shape index (κ2) is 36.2. The van der Waals surface area contributed by atoms with Crippen molar-refractivity contribution in [3.63, 3.8) is 0 Å². The van der Waals surface area contributed by atoms with Crippen LogP contribution in [0, 0.1) is 5.92 Å². The number of hydrogen-bond acceptors (Lipinski definition) is 22. The third-order valence-electron chi connectivity index (χ3n) is 16.5. The number of ether oxygens (including phenoxy) is 8. The maximum Gasteiger partial charge on any atom is 0.415 e. The zero-order chi connectivity index (χ0) is 72.8. The van der Waals surface area contributed by atoms with Crippen molar-refractivity contribution in [1.29, 1.82) is 0 Å². The highest BCUT2D eigenvalue weighted by Crippen LogP contribution is 2.41. The number of hydrogen-bond donors (Lipinski definition) is 7. The van der Waals surface area contributed by atoms with E-state index in [2.05, 4.69) is 26.6 Å². The molecule has 2 aromatic heterocycles. The summed E-state index contributed by atoms with van der Waals surface area (Å²) < 4.78 is 45.1. The molecule has 0 aliphatic carbocycles. The minimum absolute atomic E-state index is 0.00210. The number of carbonyl (C=O) groups excluding carboxylic acids is 11. The topological polar surface area (TPSA) is 413 Å². The Morgan fingerprint density at radius 1 is 0.723 bits per heavy atom. The number of esters is 2. The van der Waals surface area contributed by atoms with Gasteiger partial charge in [-0.15, -0.1) is 0 Å². The van der Waals surface area contributed by atoms with Crippen LogP contribution in [-0.4, -0.2) is 193 Å². The predicted molar refractivity (Wildman–Crippen MR) is 359 cm³/mol. The van der Waals surface area contributed by atoms with Crippen LogP contribution in [0.2, 0.25) is 0 Å². The first kappa shape index (κ1) is 75.8. The fraction of sp³-hybridized carbons (Fsp3) is 0.435.